The van der Waals surface area contributed by atoms with Crippen LogP contribution in [0.15, 0.2) is 91.0 Å². The van der Waals surface area contributed by atoms with Crippen molar-refractivity contribution in [2.75, 3.05) is 37.7 Å². The Morgan fingerprint density at radius 3 is 2.06 bits per heavy atom. The van der Waals surface area contributed by atoms with E-state index < -0.39 is 0 Å². The lowest BCUT2D eigenvalue weighted by atomic mass is 10.1. The predicted molar refractivity (Wildman–Crippen MR) is 143 cm³/mol. The van der Waals surface area contributed by atoms with Gasteiger partial charge in [0.2, 0.25) is 0 Å². The van der Waals surface area contributed by atoms with E-state index in [1.165, 1.54) is 5.56 Å². The molecule has 0 aliphatic carbocycles. The lowest BCUT2D eigenvalue weighted by molar-refractivity contribution is -0.133. The van der Waals surface area contributed by atoms with Gasteiger partial charge in [-0.25, -0.2) is 0 Å². The fraction of sp³-hybridized carbons (Fsp3) is 0.233. The standard InChI is InChI=1S/C30H30N4O2/c1-2-23-8-10-26(11-9-23)28-16-17-29(32-31-28)33-18-20-34(21-19-33)30(35)22-36-27-14-12-25(13-15-27)24-6-4-3-5-7-24/h3-17H,2,18-22H2,1H3. The largest absolute Gasteiger partial charge is 0.484 e. The summed E-state index contributed by atoms with van der Waals surface area (Å²) < 4.78 is 5.77. The molecule has 3 aromatic carbocycles. The zero-order valence-corrected chi connectivity index (χ0v) is 20.5. The number of ether oxygens (including phenoxy) is 1. The number of piperazine rings is 1. The van der Waals surface area contributed by atoms with E-state index in [1.807, 2.05) is 59.5 Å². The third-order valence-corrected chi connectivity index (χ3v) is 6.59. The van der Waals surface area contributed by atoms with Crippen LogP contribution in [0.3, 0.4) is 0 Å². The molecule has 0 atom stereocenters. The van der Waals surface area contributed by atoms with Crippen LogP contribution in [0.4, 0.5) is 5.82 Å². The first kappa shape index (κ1) is 23.5. The summed E-state index contributed by atoms with van der Waals surface area (Å²) in [6.45, 7) is 4.90. The van der Waals surface area contributed by atoms with E-state index in [0.29, 0.717) is 18.8 Å². The first-order chi connectivity index (χ1) is 17.7. The molecular weight excluding hydrogens is 448 g/mol. The highest BCUT2D eigenvalue weighted by Crippen LogP contribution is 2.23. The molecule has 0 radical (unpaired) electrons. The van der Waals surface area contributed by atoms with Crippen molar-refractivity contribution in [3.8, 4) is 28.1 Å². The van der Waals surface area contributed by atoms with E-state index in [4.69, 9.17) is 4.74 Å². The fourth-order valence-electron chi connectivity index (χ4n) is 4.35. The number of aryl methyl sites for hydroxylation is 1. The van der Waals surface area contributed by atoms with E-state index >= 15 is 0 Å². The van der Waals surface area contributed by atoms with Crippen molar-refractivity contribution >= 4 is 11.7 Å². The van der Waals surface area contributed by atoms with E-state index in [-0.39, 0.29) is 12.5 Å². The van der Waals surface area contributed by atoms with Crippen LogP contribution in [0.2, 0.25) is 0 Å². The number of aromatic nitrogens is 2. The molecule has 1 fully saturated rings. The molecule has 6 nitrogen and oxygen atoms in total. The SMILES string of the molecule is CCc1ccc(-c2ccc(N3CCN(C(=O)COc4ccc(-c5ccccc5)cc4)CC3)nn2)cc1. The van der Waals surface area contributed by atoms with Crippen LogP contribution in [-0.2, 0) is 11.2 Å². The van der Waals surface area contributed by atoms with Gasteiger partial charge in [-0.05, 0) is 47.4 Å². The highest BCUT2D eigenvalue weighted by Gasteiger charge is 2.22. The Balaban J connectivity index is 1.10. The maximum atomic E-state index is 12.7. The van der Waals surface area contributed by atoms with Crippen molar-refractivity contribution in [1.82, 2.24) is 15.1 Å². The minimum Gasteiger partial charge on any atom is -0.484 e. The number of carbonyl (C=O) groups excluding carboxylic acids is 1. The highest BCUT2D eigenvalue weighted by atomic mass is 16.5. The highest BCUT2D eigenvalue weighted by molar-refractivity contribution is 5.78. The van der Waals surface area contributed by atoms with Crippen LogP contribution in [0.25, 0.3) is 22.4 Å². The van der Waals surface area contributed by atoms with Crippen molar-refractivity contribution in [2.45, 2.75) is 13.3 Å². The van der Waals surface area contributed by atoms with Crippen LogP contribution in [-0.4, -0.2) is 53.8 Å². The Morgan fingerprint density at radius 2 is 1.42 bits per heavy atom. The molecule has 0 saturated carbocycles. The summed E-state index contributed by atoms with van der Waals surface area (Å²) in [5.74, 6) is 1.53. The summed E-state index contributed by atoms with van der Waals surface area (Å²) in [7, 11) is 0. The quantitative estimate of drug-likeness (QED) is 0.370. The number of carbonyl (C=O) groups is 1. The molecular formula is C30H30N4O2. The maximum Gasteiger partial charge on any atom is 0.260 e. The zero-order valence-electron chi connectivity index (χ0n) is 20.5. The number of nitrogens with zero attached hydrogens (tertiary/aromatic N) is 4. The van der Waals surface area contributed by atoms with Gasteiger partial charge in [0, 0.05) is 31.7 Å². The number of hydrogen-bond acceptors (Lipinski definition) is 5. The first-order valence-electron chi connectivity index (χ1n) is 12.4. The molecule has 6 heteroatoms. The predicted octanol–water partition coefficient (Wildman–Crippen LogP) is 5.10. The molecule has 5 rings (SSSR count). The van der Waals surface area contributed by atoms with Gasteiger partial charge in [0.25, 0.3) is 5.91 Å². The molecule has 0 N–H and O–H groups in total. The minimum atomic E-state index is -0.00116. The Morgan fingerprint density at radius 1 is 0.750 bits per heavy atom. The van der Waals surface area contributed by atoms with Crippen molar-refractivity contribution in [1.29, 1.82) is 0 Å². The maximum absolute atomic E-state index is 12.7. The summed E-state index contributed by atoms with van der Waals surface area (Å²) >= 11 is 0. The van der Waals surface area contributed by atoms with Crippen LogP contribution in [0, 0.1) is 0 Å². The van der Waals surface area contributed by atoms with Crippen molar-refractivity contribution in [3.63, 3.8) is 0 Å². The summed E-state index contributed by atoms with van der Waals surface area (Å²) in [6.07, 6.45) is 1.02. The lowest BCUT2D eigenvalue weighted by Gasteiger charge is -2.35. The van der Waals surface area contributed by atoms with Gasteiger partial charge >= 0.3 is 0 Å². The van der Waals surface area contributed by atoms with E-state index in [9.17, 15) is 4.79 Å². The Labute approximate surface area is 212 Å². The van der Waals surface area contributed by atoms with Gasteiger partial charge in [-0.1, -0.05) is 73.7 Å². The molecule has 1 amide bonds. The lowest BCUT2D eigenvalue weighted by Crippen LogP contribution is -2.50. The average Bonchev–Trinajstić information content (AvgIpc) is 2.97. The second kappa shape index (κ2) is 11.0. The number of amides is 1. The third-order valence-electron chi connectivity index (χ3n) is 6.59. The van der Waals surface area contributed by atoms with E-state index in [0.717, 1.165) is 47.7 Å². The van der Waals surface area contributed by atoms with Gasteiger partial charge in [-0.3, -0.25) is 4.79 Å². The average molecular weight is 479 g/mol. The molecule has 0 bridgehead atoms. The van der Waals surface area contributed by atoms with Crippen LogP contribution in [0.5, 0.6) is 5.75 Å². The molecule has 1 aliphatic heterocycles. The van der Waals surface area contributed by atoms with Crippen LogP contribution >= 0.6 is 0 Å². The number of hydrogen-bond donors (Lipinski definition) is 0. The van der Waals surface area contributed by atoms with E-state index in [1.54, 1.807) is 0 Å². The summed E-state index contributed by atoms with van der Waals surface area (Å²) in [5, 5.41) is 8.87. The smallest absolute Gasteiger partial charge is 0.260 e. The fourth-order valence-corrected chi connectivity index (χ4v) is 4.35. The Bertz CT molecular complexity index is 1270. The van der Waals surface area contributed by atoms with Gasteiger partial charge < -0.3 is 14.5 Å². The van der Waals surface area contributed by atoms with Gasteiger partial charge in [0.1, 0.15) is 5.75 Å². The molecule has 4 aromatic rings. The normalized spacial score (nSPS) is 13.5. The molecule has 1 saturated heterocycles. The van der Waals surface area contributed by atoms with Crippen molar-refractivity contribution < 1.29 is 9.53 Å². The van der Waals surface area contributed by atoms with Gasteiger partial charge in [-0.15, -0.1) is 10.2 Å². The molecule has 182 valence electrons. The van der Waals surface area contributed by atoms with Gasteiger partial charge in [0.15, 0.2) is 12.4 Å². The van der Waals surface area contributed by atoms with Crippen molar-refractivity contribution in [3.05, 3.63) is 96.6 Å². The number of benzene rings is 3. The topological polar surface area (TPSA) is 58.6 Å². The first-order valence-corrected chi connectivity index (χ1v) is 12.4. The van der Waals surface area contributed by atoms with Gasteiger partial charge in [0.05, 0.1) is 5.69 Å². The summed E-state index contributed by atoms with van der Waals surface area (Å²) in [5.41, 5.74) is 5.52. The molecule has 1 aliphatic rings. The number of anilines is 1. The summed E-state index contributed by atoms with van der Waals surface area (Å²) in [6, 6.07) is 30.5. The summed E-state index contributed by atoms with van der Waals surface area (Å²) in [4.78, 5) is 16.7. The van der Waals surface area contributed by atoms with Crippen molar-refractivity contribution in [2.24, 2.45) is 0 Å². The monoisotopic (exact) mass is 478 g/mol. The van der Waals surface area contributed by atoms with Crippen LogP contribution < -0.4 is 9.64 Å². The minimum absolute atomic E-state index is 0.00116. The van der Waals surface area contributed by atoms with Gasteiger partial charge in [-0.2, -0.15) is 0 Å². The number of rotatable bonds is 7. The Hall–Kier alpha value is -4.19. The third kappa shape index (κ3) is 5.54. The molecule has 0 unspecified atom stereocenters. The van der Waals surface area contributed by atoms with Crippen LogP contribution in [0.1, 0.15) is 12.5 Å². The zero-order chi connectivity index (χ0) is 24.7. The molecule has 2 heterocycles. The van der Waals surface area contributed by atoms with E-state index in [2.05, 4.69) is 58.4 Å². The second-order valence-corrected chi connectivity index (χ2v) is 8.87. The molecule has 0 spiro atoms. The Kier molecular flexibility index (Phi) is 7.22. The molecule has 1 aromatic heterocycles. The molecule has 36 heavy (non-hydrogen) atoms. The second-order valence-electron chi connectivity index (χ2n) is 8.87.